The first-order chi connectivity index (χ1) is 19.1. The average Bonchev–Trinajstić information content (AvgIpc) is 2.85. The fourth-order valence-corrected chi connectivity index (χ4v) is 3.56. The number of halogens is 11. The third-order valence-corrected chi connectivity index (χ3v) is 5.47. The molecule has 0 N–H and O–H groups in total. The highest BCUT2D eigenvalue weighted by atomic mass is 19.3. The lowest BCUT2D eigenvalue weighted by Crippen LogP contribution is -2.26. The summed E-state index contributed by atoms with van der Waals surface area (Å²) in [5, 5.41) is 0. The van der Waals surface area contributed by atoms with Crippen LogP contribution in [0.15, 0.2) is 60.6 Å². The number of unbranched alkanes of at least 4 members (excludes halogenated alkanes) is 2. The Morgan fingerprint density at radius 1 is 0.683 bits per heavy atom. The minimum absolute atomic E-state index is 0.0153. The number of benzene rings is 3. The van der Waals surface area contributed by atoms with Gasteiger partial charge >= 0.3 is 24.3 Å². The lowest BCUT2D eigenvalue weighted by atomic mass is 10.1. The van der Waals surface area contributed by atoms with E-state index in [2.05, 4.69) is 14.2 Å². The molecule has 0 unspecified atom stereocenters. The van der Waals surface area contributed by atoms with E-state index < -0.39 is 76.0 Å². The van der Waals surface area contributed by atoms with Crippen LogP contribution in [0.5, 0.6) is 17.2 Å². The van der Waals surface area contributed by atoms with Crippen molar-refractivity contribution in [2.45, 2.75) is 44.8 Å². The molecule has 222 valence electrons. The number of aryl methyl sites for hydroxylation is 1. The lowest BCUT2D eigenvalue weighted by Gasteiger charge is -2.22. The molecule has 0 aliphatic carbocycles. The van der Waals surface area contributed by atoms with Crippen LogP contribution in [-0.2, 0) is 18.6 Å². The quantitative estimate of drug-likeness (QED) is 0.118. The summed E-state index contributed by atoms with van der Waals surface area (Å²) in [5.41, 5.74) is -2.06. The molecule has 0 atom stereocenters. The zero-order valence-corrected chi connectivity index (χ0v) is 20.8. The van der Waals surface area contributed by atoms with Crippen molar-refractivity contribution in [3.8, 4) is 17.2 Å². The molecule has 0 amide bonds. The predicted molar refractivity (Wildman–Crippen MR) is 122 cm³/mol. The van der Waals surface area contributed by atoms with E-state index in [0.29, 0.717) is 6.42 Å². The first kappa shape index (κ1) is 31.6. The van der Waals surface area contributed by atoms with Crippen LogP contribution in [0.1, 0.15) is 42.9 Å². The SMILES string of the molecule is CCCCCc1ccc(C(F)(F)Oc2cc(F)c(C(F)(F)Oc3cc(F)c(OC(F)=C(F)F)c(F)c3)c(F)c2)cc1. The van der Waals surface area contributed by atoms with Gasteiger partial charge < -0.3 is 14.2 Å². The maximum Gasteiger partial charge on any atom is 0.432 e. The monoisotopic (exact) mass is 600 g/mol. The van der Waals surface area contributed by atoms with Gasteiger partial charge in [-0.25, -0.2) is 17.6 Å². The fourth-order valence-electron chi connectivity index (χ4n) is 3.56. The average molecular weight is 600 g/mol. The molecular weight excluding hydrogens is 581 g/mol. The summed E-state index contributed by atoms with van der Waals surface area (Å²) in [6.07, 6.45) is -8.83. The zero-order chi connectivity index (χ0) is 30.5. The third-order valence-electron chi connectivity index (χ3n) is 5.47. The second-order valence-corrected chi connectivity index (χ2v) is 8.51. The van der Waals surface area contributed by atoms with E-state index in [0.717, 1.165) is 37.0 Å². The van der Waals surface area contributed by atoms with Crippen molar-refractivity contribution in [2.75, 3.05) is 0 Å². The van der Waals surface area contributed by atoms with Gasteiger partial charge in [0.05, 0.1) is 5.56 Å². The van der Waals surface area contributed by atoms with E-state index in [9.17, 15) is 48.3 Å². The van der Waals surface area contributed by atoms with E-state index in [1.807, 2.05) is 6.92 Å². The molecule has 0 aliphatic heterocycles. The summed E-state index contributed by atoms with van der Waals surface area (Å²) in [6.45, 7) is 2.00. The maximum absolute atomic E-state index is 14.6. The van der Waals surface area contributed by atoms with Crippen molar-refractivity contribution < 1.29 is 62.5 Å². The van der Waals surface area contributed by atoms with Gasteiger partial charge in [0, 0.05) is 24.3 Å². The van der Waals surface area contributed by atoms with Gasteiger partial charge in [-0.05, 0) is 30.5 Å². The highest BCUT2D eigenvalue weighted by Gasteiger charge is 2.43. The van der Waals surface area contributed by atoms with Gasteiger partial charge in [0.15, 0.2) is 11.6 Å². The number of rotatable bonds is 12. The zero-order valence-electron chi connectivity index (χ0n) is 20.8. The summed E-state index contributed by atoms with van der Waals surface area (Å²) in [5.74, 6) is -12.6. The van der Waals surface area contributed by atoms with Crippen molar-refractivity contribution in [3.63, 3.8) is 0 Å². The normalized spacial score (nSPS) is 11.8. The molecular formula is C27H19F11O3. The van der Waals surface area contributed by atoms with Crippen molar-refractivity contribution in [3.05, 3.63) is 101 Å². The molecule has 3 rings (SSSR count). The molecule has 0 aliphatic rings. The largest absolute Gasteiger partial charge is 0.432 e. The molecule has 14 heteroatoms. The van der Waals surface area contributed by atoms with Crippen LogP contribution in [0.25, 0.3) is 0 Å². The molecule has 41 heavy (non-hydrogen) atoms. The Morgan fingerprint density at radius 3 is 1.66 bits per heavy atom. The van der Waals surface area contributed by atoms with E-state index in [4.69, 9.17) is 0 Å². The van der Waals surface area contributed by atoms with Gasteiger partial charge in [0.1, 0.15) is 28.7 Å². The highest BCUT2D eigenvalue weighted by molar-refractivity contribution is 5.38. The van der Waals surface area contributed by atoms with Gasteiger partial charge in [-0.15, -0.1) is 0 Å². The standard InChI is InChI=1S/C27H19F11O3/c1-2-3-4-5-14-6-8-15(9-7-14)26(35,36)40-16-10-18(28)22(19(29)11-16)27(37,38)41-17-12-20(30)23(21(31)13-17)39-25(34)24(32)33/h6-13H,2-5H2,1H3. The van der Waals surface area contributed by atoms with E-state index in [1.165, 1.54) is 12.1 Å². The molecule has 0 saturated heterocycles. The van der Waals surface area contributed by atoms with E-state index in [1.54, 1.807) is 0 Å². The molecule has 0 heterocycles. The molecule has 3 nitrogen and oxygen atoms in total. The minimum Gasteiger partial charge on any atom is -0.429 e. The molecule has 0 bridgehead atoms. The summed E-state index contributed by atoms with van der Waals surface area (Å²) in [6, 6.07) is 2.12. The van der Waals surface area contributed by atoms with Gasteiger partial charge in [-0.2, -0.15) is 30.7 Å². The van der Waals surface area contributed by atoms with Crippen LogP contribution < -0.4 is 14.2 Å². The second kappa shape index (κ2) is 12.7. The van der Waals surface area contributed by atoms with Crippen LogP contribution in [-0.4, -0.2) is 0 Å². The van der Waals surface area contributed by atoms with Gasteiger partial charge in [0.25, 0.3) is 0 Å². The molecule has 0 saturated carbocycles. The number of alkyl halides is 4. The lowest BCUT2D eigenvalue weighted by molar-refractivity contribution is -0.190. The first-order valence-electron chi connectivity index (χ1n) is 11.7. The smallest absolute Gasteiger partial charge is 0.429 e. The topological polar surface area (TPSA) is 27.7 Å². The minimum atomic E-state index is -5.00. The Bertz CT molecular complexity index is 1360. The number of hydrogen-bond acceptors (Lipinski definition) is 3. The van der Waals surface area contributed by atoms with Gasteiger partial charge in [-0.1, -0.05) is 31.9 Å². The van der Waals surface area contributed by atoms with E-state index >= 15 is 0 Å². The molecule has 0 aromatic heterocycles. The van der Waals surface area contributed by atoms with Crippen LogP contribution in [0.3, 0.4) is 0 Å². The Hall–Kier alpha value is -3.97. The molecule has 3 aromatic carbocycles. The summed E-state index contributed by atoms with van der Waals surface area (Å²) >= 11 is 0. The summed E-state index contributed by atoms with van der Waals surface area (Å²) < 4.78 is 164. The second-order valence-electron chi connectivity index (χ2n) is 8.51. The number of hydrogen-bond donors (Lipinski definition) is 0. The third kappa shape index (κ3) is 7.82. The highest BCUT2D eigenvalue weighted by Crippen LogP contribution is 2.40. The summed E-state index contributed by atoms with van der Waals surface area (Å²) in [4.78, 5) is 0. The van der Waals surface area contributed by atoms with Crippen molar-refractivity contribution in [1.82, 2.24) is 0 Å². The molecule has 0 fully saturated rings. The molecule has 3 aromatic rings. The van der Waals surface area contributed by atoms with Crippen LogP contribution >= 0.6 is 0 Å². The van der Waals surface area contributed by atoms with Crippen molar-refractivity contribution >= 4 is 0 Å². The van der Waals surface area contributed by atoms with Crippen LogP contribution in [0.2, 0.25) is 0 Å². The Labute approximate surface area is 225 Å². The predicted octanol–water partition coefficient (Wildman–Crippen LogP) is 9.65. The maximum atomic E-state index is 14.6. The Morgan fingerprint density at radius 2 is 1.17 bits per heavy atom. The Kier molecular flexibility index (Phi) is 9.77. The summed E-state index contributed by atoms with van der Waals surface area (Å²) in [7, 11) is 0. The van der Waals surface area contributed by atoms with Gasteiger partial charge in [0.2, 0.25) is 5.75 Å². The number of ether oxygens (including phenoxy) is 3. The van der Waals surface area contributed by atoms with Crippen molar-refractivity contribution in [2.24, 2.45) is 0 Å². The first-order valence-corrected chi connectivity index (χ1v) is 11.7. The molecule has 0 spiro atoms. The van der Waals surface area contributed by atoms with Gasteiger partial charge in [-0.3, -0.25) is 0 Å². The van der Waals surface area contributed by atoms with Crippen LogP contribution in [0, 0.1) is 23.3 Å². The fraction of sp³-hybridized carbons (Fsp3) is 0.259. The molecule has 0 radical (unpaired) electrons. The van der Waals surface area contributed by atoms with Crippen LogP contribution in [0.4, 0.5) is 48.3 Å². The van der Waals surface area contributed by atoms with E-state index in [-0.39, 0.29) is 24.3 Å². The van der Waals surface area contributed by atoms with Crippen molar-refractivity contribution in [1.29, 1.82) is 0 Å². The Balaban J connectivity index is 1.80.